The standard InChI is InChI=1S/C16H14BrClO/c1-9-4-5-12(14(17)6-9)16(19)13-7-11(3)15(18)8-10(13)2/h4-8H,1-3H3. The molecule has 98 valence electrons. The summed E-state index contributed by atoms with van der Waals surface area (Å²) in [4.78, 5) is 12.6. The Kier molecular flexibility index (Phi) is 4.12. The summed E-state index contributed by atoms with van der Waals surface area (Å²) >= 11 is 9.52. The van der Waals surface area contributed by atoms with Gasteiger partial charge in [0.15, 0.2) is 5.78 Å². The molecule has 2 aromatic carbocycles. The van der Waals surface area contributed by atoms with Crippen LogP contribution >= 0.6 is 27.5 Å². The van der Waals surface area contributed by atoms with Crippen molar-refractivity contribution in [1.82, 2.24) is 0 Å². The van der Waals surface area contributed by atoms with E-state index in [9.17, 15) is 4.79 Å². The fraction of sp³-hybridized carbons (Fsp3) is 0.188. The van der Waals surface area contributed by atoms with Crippen LogP contribution in [0.4, 0.5) is 0 Å². The van der Waals surface area contributed by atoms with Crippen molar-refractivity contribution in [1.29, 1.82) is 0 Å². The summed E-state index contributed by atoms with van der Waals surface area (Å²) in [5, 5.41) is 0.692. The molecule has 0 fully saturated rings. The van der Waals surface area contributed by atoms with Gasteiger partial charge in [-0.1, -0.05) is 33.6 Å². The Morgan fingerprint density at radius 1 is 1.00 bits per heavy atom. The van der Waals surface area contributed by atoms with Crippen molar-refractivity contribution in [3.8, 4) is 0 Å². The summed E-state index contributed by atoms with van der Waals surface area (Å²) in [6, 6.07) is 9.44. The molecule has 3 heteroatoms. The Morgan fingerprint density at radius 2 is 1.68 bits per heavy atom. The smallest absolute Gasteiger partial charge is 0.194 e. The molecule has 0 spiro atoms. The molecule has 0 amide bonds. The van der Waals surface area contributed by atoms with Gasteiger partial charge in [0.1, 0.15) is 0 Å². The van der Waals surface area contributed by atoms with E-state index >= 15 is 0 Å². The molecule has 0 radical (unpaired) electrons. The molecule has 0 aliphatic heterocycles. The van der Waals surface area contributed by atoms with Crippen LogP contribution in [0.5, 0.6) is 0 Å². The Morgan fingerprint density at radius 3 is 2.32 bits per heavy atom. The number of halogens is 2. The zero-order chi connectivity index (χ0) is 14.2. The number of ketones is 1. The van der Waals surface area contributed by atoms with Crippen LogP contribution in [-0.2, 0) is 0 Å². The van der Waals surface area contributed by atoms with Crippen molar-refractivity contribution in [3.05, 3.63) is 67.6 Å². The number of rotatable bonds is 2. The number of hydrogen-bond acceptors (Lipinski definition) is 1. The van der Waals surface area contributed by atoms with Crippen LogP contribution in [0.25, 0.3) is 0 Å². The predicted octanol–water partition coefficient (Wildman–Crippen LogP) is 5.26. The first-order chi connectivity index (χ1) is 8.90. The van der Waals surface area contributed by atoms with Gasteiger partial charge in [-0.3, -0.25) is 4.79 Å². The number of carbonyl (C=O) groups is 1. The van der Waals surface area contributed by atoms with Gasteiger partial charge in [-0.15, -0.1) is 0 Å². The Hall–Kier alpha value is -1.12. The summed E-state index contributed by atoms with van der Waals surface area (Å²) < 4.78 is 0.824. The minimum Gasteiger partial charge on any atom is -0.289 e. The lowest BCUT2D eigenvalue weighted by molar-refractivity contribution is 0.103. The average Bonchev–Trinajstić information content (AvgIpc) is 2.33. The third-order valence-electron chi connectivity index (χ3n) is 3.12. The molecular formula is C16H14BrClO. The quantitative estimate of drug-likeness (QED) is 0.683. The van der Waals surface area contributed by atoms with E-state index in [1.54, 1.807) is 0 Å². The van der Waals surface area contributed by atoms with Crippen molar-refractivity contribution in [2.45, 2.75) is 20.8 Å². The molecule has 0 N–H and O–H groups in total. The zero-order valence-corrected chi connectivity index (χ0v) is 13.4. The van der Waals surface area contributed by atoms with Crippen LogP contribution in [0, 0.1) is 20.8 Å². The normalized spacial score (nSPS) is 10.6. The maximum atomic E-state index is 12.6. The lowest BCUT2D eigenvalue weighted by Crippen LogP contribution is -2.05. The molecule has 1 nitrogen and oxygen atoms in total. The fourth-order valence-corrected chi connectivity index (χ4v) is 2.87. The van der Waals surface area contributed by atoms with Crippen molar-refractivity contribution >= 4 is 33.3 Å². The molecule has 0 aromatic heterocycles. The third-order valence-corrected chi connectivity index (χ3v) is 4.18. The van der Waals surface area contributed by atoms with Crippen molar-refractivity contribution < 1.29 is 4.79 Å². The highest BCUT2D eigenvalue weighted by molar-refractivity contribution is 9.10. The van der Waals surface area contributed by atoms with Gasteiger partial charge in [0, 0.05) is 20.6 Å². The van der Waals surface area contributed by atoms with Gasteiger partial charge in [0.05, 0.1) is 0 Å². The van der Waals surface area contributed by atoms with E-state index in [1.165, 1.54) is 0 Å². The van der Waals surface area contributed by atoms with Gasteiger partial charge in [-0.25, -0.2) is 0 Å². The molecule has 19 heavy (non-hydrogen) atoms. The van der Waals surface area contributed by atoms with Crippen LogP contribution in [0.2, 0.25) is 5.02 Å². The lowest BCUT2D eigenvalue weighted by Gasteiger charge is -2.10. The second kappa shape index (κ2) is 5.48. The minimum absolute atomic E-state index is 0.0177. The van der Waals surface area contributed by atoms with Crippen LogP contribution in [0.15, 0.2) is 34.8 Å². The number of hydrogen-bond donors (Lipinski definition) is 0. The van der Waals surface area contributed by atoms with E-state index in [1.807, 2.05) is 51.1 Å². The Bertz CT molecular complexity index is 662. The molecule has 0 saturated carbocycles. The predicted molar refractivity (Wildman–Crippen MR) is 83.2 cm³/mol. The lowest BCUT2D eigenvalue weighted by atomic mass is 9.97. The summed E-state index contributed by atoms with van der Waals surface area (Å²) in [5.41, 5.74) is 4.31. The molecule has 0 heterocycles. The van der Waals surface area contributed by atoms with Gasteiger partial charge >= 0.3 is 0 Å². The second-order valence-corrected chi connectivity index (χ2v) is 5.99. The van der Waals surface area contributed by atoms with Gasteiger partial charge in [-0.2, -0.15) is 0 Å². The average molecular weight is 338 g/mol. The van der Waals surface area contributed by atoms with Crippen LogP contribution in [-0.4, -0.2) is 5.78 Å². The van der Waals surface area contributed by atoms with Crippen LogP contribution < -0.4 is 0 Å². The van der Waals surface area contributed by atoms with Gasteiger partial charge in [0.2, 0.25) is 0 Å². The third kappa shape index (κ3) is 2.90. The largest absolute Gasteiger partial charge is 0.289 e. The maximum absolute atomic E-state index is 12.6. The summed E-state index contributed by atoms with van der Waals surface area (Å²) in [7, 11) is 0. The molecule has 0 saturated heterocycles. The molecule has 0 aliphatic rings. The van der Waals surface area contributed by atoms with Crippen molar-refractivity contribution in [2.24, 2.45) is 0 Å². The summed E-state index contributed by atoms with van der Waals surface area (Å²) in [6.07, 6.45) is 0. The van der Waals surface area contributed by atoms with Gasteiger partial charge < -0.3 is 0 Å². The molecular weight excluding hydrogens is 324 g/mol. The molecule has 0 aliphatic carbocycles. The van der Waals surface area contributed by atoms with Crippen LogP contribution in [0.3, 0.4) is 0 Å². The van der Waals surface area contributed by atoms with Crippen LogP contribution in [0.1, 0.15) is 32.6 Å². The highest BCUT2D eigenvalue weighted by Crippen LogP contribution is 2.26. The SMILES string of the molecule is Cc1ccc(C(=O)c2cc(C)c(Cl)cc2C)c(Br)c1. The Labute approximate surface area is 126 Å². The number of carbonyl (C=O) groups excluding carboxylic acids is 1. The maximum Gasteiger partial charge on any atom is 0.194 e. The van der Waals surface area contributed by atoms with Crippen molar-refractivity contribution in [2.75, 3.05) is 0 Å². The van der Waals surface area contributed by atoms with Gasteiger partial charge in [-0.05, 0) is 61.7 Å². The van der Waals surface area contributed by atoms with E-state index in [0.717, 1.165) is 21.2 Å². The first kappa shape index (κ1) is 14.3. The zero-order valence-electron chi connectivity index (χ0n) is 11.1. The van der Waals surface area contributed by atoms with Crippen molar-refractivity contribution in [3.63, 3.8) is 0 Å². The monoisotopic (exact) mass is 336 g/mol. The van der Waals surface area contributed by atoms with E-state index in [4.69, 9.17) is 11.6 Å². The minimum atomic E-state index is 0.0177. The highest BCUT2D eigenvalue weighted by atomic mass is 79.9. The van der Waals surface area contributed by atoms with Gasteiger partial charge in [0.25, 0.3) is 0 Å². The molecule has 2 aromatic rings. The van der Waals surface area contributed by atoms with E-state index in [2.05, 4.69) is 15.9 Å². The molecule has 0 unspecified atom stereocenters. The topological polar surface area (TPSA) is 17.1 Å². The number of aryl methyl sites for hydroxylation is 3. The number of benzene rings is 2. The molecule has 2 rings (SSSR count). The first-order valence-corrected chi connectivity index (χ1v) is 7.15. The summed E-state index contributed by atoms with van der Waals surface area (Å²) in [5.74, 6) is 0.0177. The Balaban J connectivity index is 2.53. The molecule has 0 atom stereocenters. The van der Waals surface area contributed by atoms with E-state index in [0.29, 0.717) is 16.1 Å². The summed E-state index contributed by atoms with van der Waals surface area (Å²) in [6.45, 7) is 5.81. The van der Waals surface area contributed by atoms with E-state index < -0.39 is 0 Å². The fourth-order valence-electron chi connectivity index (χ4n) is 1.97. The second-order valence-electron chi connectivity index (χ2n) is 4.73. The van der Waals surface area contributed by atoms with E-state index in [-0.39, 0.29) is 5.78 Å². The highest BCUT2D eigenvalue weighted by Gasteiger charge is 2.16. The molecule has 0 bridgehead atoms. The first-order valence-electron chi connectivity index (χ1n) is 5.97.